The fraction of sp³-hybridized carbons (Fsp3) is 0.364. The van der Waals surface area contributed by atoms with Gasteiger partial charge in [0.25, 0.3) is 0 Å². The Hall–Kier alpha value is -1.95. The summed E-state index contributed by atoms with van der Waals surface area (Å²) in [7, 11) is 1.55. The maximum Gasteiger partial charge on any atom is 0.317 e. The number of hydrogen-bond acceptors (Lipinski definition) is 4. The van der Waals surface area contributed by atoms with Gasteiger partial charge in [0.1, 0.15) is 0 Å². The normalized spacial score (nSPS) is 9.53. The minimum absolute atomic E-state index is 0.0254. The summed E-state index contributed by atoms with van der Waals surface area (Å²) < 4.78 is 10.4. The van der Waals surface area contributed by atoms with Gasteiger partial charge in [0.05, 0.1) is 13.7 Å². The number of rotatable bonds is 6. The number of amides is 2. The Labute approximate surface area is 99.5 Å². The van der Waals surface area contributed by atoms with Crippen molar-refractivity contribution in [3.63, 3.8) is 0 Å². The first-order valence-electron chi connectivity index (χ1n) is 5.16. The van der Waals surface area contributed by atoms with E-state index in [1.54, 1.807) is 19.2 Å². The maximum absolute atomic E-state index is 11.1. The summed E-state index contributed by atoms with van der Waals surface area (Å²) in [4.78, 5) is 11.1. The molecule has 0 spiro atoms. The number of carbonyl (C=O) groups excluding carboxylic acids is 1. The SMILES string of the molecule is COc1ccccc1OCNC(=O)NCCO. The van der Waals surface area contributed by atoms with Crippen LogP contribution in [0.25, 0.3) is 0 Å². The minimum Gasteiger partial charge on any atom is -0.493 e. The molecule has 1 rings (SSSR count). The van der Waals surface area contributed by atoms with Gasteiger partial charge in [0.2, 0.25) is 0 Å². The van der Waals surface area contributed by atoms with Gasteiger partial charge >= 0.3 is 6.03 Å². The van der Waals surface area contributed by atoms with E-state index in [9.17, 15) is 4.79 Å². The van der Waals surface area contributed by atoms with E-state index < -0.39 is 6.03 Å². The molecular formula is C11H16N2O4. The molecule has 3 N–H and O–H groups in total. The van der Waals surface area contributed by atoms with Gasteiger partial charge in [0.15, 0.2) is 18.2 Å². The quantitative estimate of drug-likeness (QED) is 0.626. The molecule has 2 amide bonds. The Kier molecular flexibility index (Phi) is 5.67. The van der Waals surface area contributed by atoms with Crippen LogP contribution in [-0.2, 0) is 0 Å². The summed E-state index contributed by atoms with van der Waals surface area (Å²) in [6, 6.07) is 6.75. The highest BCUT2D eigenvalue weighted by molar-refractivity contribution is 5.73. The van der Waals surface area contributed by atoms with Crippen molar-refractivity contribution in [3.8, 4) is 11.5 Å². The highest BCUT2D eigenvalue weighted by Gasteiger charge is 2.03. The second-order valence-corrected chi connectivity index (χ2v) is 3.10. The van der Waals surface area contributed by atoms with Crippen molar-refractivity contribution < 1.29 is 19.4 Å². The Morgan fingerprint density at radius 3 is 2.65 bits per heavy atom. The van der Waals surface area contributed by atoms with Crippen molar-refractivity contribution >= 4 is 6.03 Å². The number of carbonyl (C=O) groups is 1. The Morgan fingerprint density at radius 1 is 1.29 bits per heavy atom. The van der Waals surface area contributed by atoms with E-state index in [1.807, 2.05) is 12.1 Å². The van der Waals surface area contributed by atoms with E-state index in [-0.39, 0.29) is 19.9 Å². The first kappa shape index (κ1) is 13.1. The van der Waals surface area contributed by atoms with Gasteiger partial charge in [-0.15, -0.1) is 0 Å². The number of benzene rings is 1. The van der Waals surface area contributed by atoms with E-state index in [0.29, 0.717) is 11.5 Å². The fourth-order valence-electron chi connectivity index (χ4n) is 1.15. The lowest BCUT2D eigenvalue weighted by Gasteiger charge is -2.11. The van der Waals surface area contributed by atoms with Crippen LogP contribution in [-0.4, -0.2) is 38.1 Å². The molecule has 0 aliphatic carbocycles. The van der Waals surface area contributed by atoms with Gasteiger partial charge < -0.3 is 25.2 Å². The number of urea groups is 1. The smallest absolute Gasteiger partial charge is 0.317 e. The van der Waals surface area contributed by atoms with Gasteiger partial charge in [-0.3, -0.25) is 0 Å². The molecule has 0 radical (unpaired) electrons. The molecule has 0 saturated carbocycles. The Bertz CT molecular complexity index is 357. The molecule has 1 aromatic rings. The zero-order chi connectivity index (χ0) is 12.5. The van der Waals surface area contributed by atoms with E-state index in [2.05, 4.69) is 10.6 Å². The predicted molar refractivity (Wildman–Crippen MR) is 62.1 cm³/mol. The molecule has 6 heteroatoms. The number of para-hydroxylation sites is 2. The molecular weight excluding hydrogens is 224 g/mol. The van der Waals surface area contributed by atoms with Gasteiger partial charge in [-0.2, -0.15) is 0 Å². The molecule has 0 atom stereocenters. The van der Waals surface area contributed by atoms with Crippen LogP contribution in [0.3, 0.4) is 0 Å². The molecule has 0 heterocycles. The maximum atomic E-state index is 11.1. The summed E-state index contributed by atoms with van der Waals surface area (Å²) in [6.45, 7) is 0.138. The largest absolute Gasteiger partial charge is 0.493 e. The molecule has 6 nitrogen and oxygen atoms in total. The summed E-state index contributed by atoms with van der Waals surface area (Å²) in [5.41, 5.74) is 0. The van der Waals surface area contributed by atoms with Gasteiger partial charge in [-0.25, -0.2) is 4.79 Å². The van der Waals surface area contributed by atoms with Crippen LogP contribution in [0.15, 0.2) is 24.3 Å². The summed E-state index contributed by atoms with van der Waals surface area (Å²) in [6.07, 6.45) is 0. The molecule has 0 aliphatic heterocycles. The van der Waals surface area contributed by atoms with Crippen molar-refractivity contribution in [1.82, 2.24) is 10.6 Å². The lowest BCUT2D eigenvalue weighted by Crippen LogP contribution is -2.38. The highest BCUT2D eigenvalue weighted by atomic mass is 16.5. The molecule has 94 valence electrons. The van der Waals surface area contributed by atoms with Crippen LogP contribution in [0.1, 0.15) is 0 Å². The number of methoxy groups -OCH3 is 1. The van der Waals surface area contributed by atoms with Crippen molar-refractivity contribution in [2.24, 2.45) is 0 Å². The summed E-state index contributed by atoms with van der Waals surface area (Å²) >= 11 is 0. The number of ether oxygens (including phenoxy) is 2. The Morgan fingerprint density at radius 2 is 2.00 bits per heavy atom. The molecule has 0 bridgehead atoms. The highest BCUT2D eigenvalue weighted by Crippen LogP contribution is 2.25. The third kappa shape index (κ3) is 4.60. The summed E-state index contributed by atoms with van der Waals surface area (Å²) in [5, 5.41) is 13.4. The average molecular weight is 240 g/mol. The first-order valence-corrected chi connectivity index (χ1v) is 5.16. The van der Waals surface area contributed by atoms with Crippen LogP contribution in [0.2, 0.25) is 0 Å². The van der Waals surface area contributed by atoms with Crippen LogP contribution in [0, 0.1) is 0 Å². The van der Waals surface area contributed by atoms with E-state index in [4.69, 9.17) is 14.6 Å². The first-order chi connectivity index (χ1) is 8.27. The molecule has 0 fully saturated rings. The van der Waals surface area contributed by atoms with Gasteiger partial charge in [0, 0.05) is 6.54 Å². The van der Waals surface area contributed by atoms with Crippen molar-refractivity contribution in [2.75, 3.05) is 27.0 Å². The van der Waals surface area contributed by atoms with E-state index >= 15 is 0 Å². The van der Waals surface area contributed by atoms with E-state index in [0.717, 1.165) is 0 Å². The lowest BCUT2D eigenvalue weighted by atomic mass is 10.3. The molecule has 17 heavy (non-hydrogen) atoms. The third-order valence-electron chi connectivity index (χ3n) is 1.93. The van der Waals surface area contributed by atoms with Crippen LogP contribution in [0.5, 0.6) is 11.5 Å². The molecule has 0 saturated heterocycles. The second-order valence-electron chi connectivity index (χ2n) is 3.10. The average Bonchev–Trinajstić information content (AvgIpc) is 2.37. The van der Waals surface area contributed by atoms with Crippen molar-refractivity contribution in [3.05, 3.63) is 24.3 Å². The standard InChI is InChI=1S/C11H16N2O4/c1-16-9-4-2-3-5-10(9)17-8-13-11(15)12-6-7-14/h2-5,14H,6-8H2,1H3,(H2,12,13,15). The predicted octanol–water partition coefficient (Wildman–Crippen LogP) is 0.323. The molecule has 0 aliphatic rings. The minimum atomic E-state index is -0.394. The number of nitrogens with one attached hydrogen (secondary N) is 2. The number of hydrogen-bond donors (Lipinski definition) is 3. The monoisotopic (exact) mass is 240 g/mol. The number of aliphatic hydroxyl groups is 1. The molecule has 1 aromatic carbocycles. The van der Waals surface area contributed by atoms with Gasteiger partial charge in [-0.1, -0.05) is 12.1 Å². The van der Waals surface area contributed by atoms with Gasteiger partial charge in [-0.05, 0) is 12.1 Å². The Balaban J connectivity index is 2.33. The van der Waals surface area contributed by atoms with Crippen molar-refractivity contribution in [2.45, 2.75) is 0 Å². The van der Waals surface area contributed by atoms with Crippen molar-refractivity contribution in [1.29, 1.82) is 0 Å². The molecule has 0 unspecified atom stereocenters. The fourth-order valence-corrected chi connectivity index (χ4v) is 1.15. The molecule has 0 aromatic heterocycles. The summed E-state index contributed by atoms with van der Waals surface area (Å²) in [5.74, 6) is 1.16. The zero-order valence-electron chi connectivity index (χ0n) is 9.60. The topological polar surface area (TPSA) is 79.8 Å². The van der Waals surface area contributed by atoms with Crippen LogP contribution < -0.4 is 20.1 Å². The zero-order valence-corrected chi connectivity index (χ0v) is 9.60. The van der Waals surface area contributed by atoms with E-state index in [1.165, 1.54) is 0 Å². The van der Waals surface area contributed by atoms with Crippen LogP contribution in [0.4, 0.5) is 4.79 Å². The second kappa shape index (κ2) is 7.34. The third-order valence-corrected chi connectivity index (χ3v) is 1.93. The lowest BCUT2D eigenvalue weighted by molar-refractivity contribution is 0.217. The van der Waals surface area contributed by atoms with Crippen LogP contribution >= 0.6 is 0 Å². The number of aliphatic hydroxyl groups excluding tert-OH is 1.